The molecular formula is C21H24FN5O2S. The summed E-state index contributed by atoms with van der Waals surface area (Å²) in [5, 5.41) is 9.61. The molecule has 1 aliphatic rings. The van der Waals surface area contributed by atoms with E-state index in [2.05, 4.69) is 20.4 Å². The Kier molecular flexibility index (Phi) is 6.08. The third-order valence-electron chi connectivity index (χ3n) is 5.15. The summed E-state index contributed by atoms with van der Waals surface area (Å²) in [5.74, 6) is 0.478. The Labute approximate surface area is 178 Å². The van der Waals surface area contributed by atoms with Crippen molar-refractivity contribution in [1.82, 2.24) is 20.4 Å². The predicted octanol–water partition coefficient (Wildman–Crippen LogP) is 4.13. The van der Waals surface area contributed by atoms with Crippen molar-refractivity contribution in [3.8, 4) is 11.4 Å². The fraction of sp³-hybridized carbons (Fsp3) is 0.429. The van der Waals surface area contributed by atoms with Gasteiger partial charge in [-0.2, -0.15) is 4.98 Å². The van der Waals surface area contributed by atoms with E-state index in [1.54, 1.807) is 18.3 Å². The Bertz CT molecular complexity index is 1000. The fourth-order valence-corrected chi connectivity index (χ4v) is 4.14. The fourth-order valence-electron chi connectivity index (χ4n) is 3.58. The van der Waals surface area contributed by atoms with E-state index in [1.807, 2.05) is 24.1 Å². The van der Waals surface area contributed by atoms with Crippen LogP contribution in [-0.2, 0) is 11.3 Å². The first kappa shape index (κ1) is 20.5. The van der Waals surface area contributed by atoms with Crippen molar-refractivity contribution in [2.24, 2.45) is 0 Å². The van der Waals surface area contributed by atoms with Crippen LogP contribution in [0.5, 0.6) is 0 Å². The average molecular weight is 430 g/mol. The van der Waals surface area contributed by atoms with Gasteiger partial charge in [0, 0.05) is 29.6 Å². The normalized spacial score (nSPS) is 16.8. The number of hydrogen-bond acceptors (Lipinski definition) is 7. The summed E-state index contributed by atoms with van der Waals surface area (Å²) in [6.07, 6.45) is 4.25. The van der Waals surface area contributed by atoms with Crippen LogP contribution in [0.3, 0.4) is 0 Å². The van der Waals surface area contributed by atoms with E-state index in [-0.39, 0.29) is 11.8 Å². The Morgan fingerprint density at radius 3 is 2.97 bits per heavy atom. The summed E-state index contributed by atoms with van der Waals surface area (Å²) in [6.45, 7) is 4.93. The molecule has 7 nitrogen and oxygen atoms in total. The SMILES string of the molecule is CC(C)c1nc(-c2ccc(N3CCCCC3C(=O)NCc3nccs3)c(F)c2)no1. The number of halogens is 1. The standard InChI is InChI=1S/C21H24FN5O2S/c1-13(2)21-25-19(26-29-21)14-6-7-16(15(22)11-14)27-9-4-3-5-17(27)20(28)24-12-18-23-8-10-30-18/h6-8,10-11,13,17H,3-5,9,12H2,1-2H3,(H,24,28). The number of anilines is 1. The molecule has 1 N–H and O–H groups in total. The highest BCUT2D eigenvalue weighted by molar-refractivity contribution is 7.09. The van der Waals surface area contributed by atoms with Gasteiger partial charge in [0.2, 0.25) is 17.6 Å². The molecule has 0 aliphatic carbocycles. The van der Waals surface area contributed by atoms with E-state index in [9.17, 15) is 4.79 Å². The van der Waals surface area contributed by atoms with Crippen molar-refractivity contribution in [3.05, 3.63) is 46.5 Å². The topological polar surface area (TPSA) is 84.2 Å². The molecule has 0 spiro atoms. The number of nitrogens with one attached hydrogen (secondary N) is 1. The number of carbonyl (C=O) groups is 1. The van der Waals surface area contributed by atoms with Crippen LogP contribution in [0.2, 0.25) is 0 Å². The molecule has 0 saturated carbocycles. The minimum Gasteiger partial charge on any atom is -0.357 e. The first-order valence-electron chi connectivity index (χ1n) is 10.1. The van der Waals surface area contributed by atoms with Crippen LogP contribution in [0, 0.1) is 5.82 Å². The van der Waals surface area contributed by atoms with E-state index in [0.29, 0.717) is 42.5 Å². The summed E-state index contributed by atoms with van der Waals surface area (Å²) in [6, 6.07) is 4.47. The zero-order valence-electron chi connectivity index (χ0n) is 17.0. The smallest absolute Gasteiger partial charge is 0.243 e. The lowest BCUT2D eigenvalue weighted by atomic mass is 9.99. The van der Waals surface area contributed by atoms with Crippen molar-refractivity contribution in [3.63, 3.8) is 0 Å². The lowest BCUT2D eigenvalue weighted by Crippen LogP contribution is -2.49. The molecule has 0 radical (unpaired) electrons. The van der Waals surface area contributed by atoms with E-state index < -0.39 is 11.9 Å². The molecule has 9 heteroatoms. The van der Waals surface area contributed by atoms with E-state index in [1.165, 1.54) is 17.4 Å². The molecular weight excluding hydrogens is 405 g/mol. The van der Waals surface area contributed by atoms with Crippen LogP contribution in [0.15, 0.2) is 34.3 Å². The summed E-state index contributed by atoms with van der Waals surface area (Å²) >= 11 is 1.50. The molecule has 1 fully saturated rings. The number of carbonyl (C=O) groups excluding carboxylic acids is 1. The second-order valence-corrected chi connectivity index (χ2v) is 8.60. The first-order chi connectivity index (χ1) is 14.5. The van der Waals surface area contributed by atoms with Gasteiger partial charge in [-0.05, 0) is 37.5 Å². The Hall–Kier alpha value is -2.81. The average Bonchev–Trinajstić information content (AvgIpc) is 3.44. The zero-order chi connectivity index (χ0) is 21.1. The number of rotatable bonds is 6. The maximum Gasteiger partial charge on any atom is 0.243 e. The van der Waals surface area contributed by atoms with E-state index in [0.717, 1.165) is 17.8 Å². The molecule has 30 heavy (non-hydrogen) atoms. The third kappa shape index (κ3) is 4.35. The molecule has 0 bridgehead atoms. The quantitative estimate of drug-likeness (QED) is 0.634. The van der Waals surface area contributed by atoms with Crippen LogP contribution in [0.4, 0.5) is 10.1 Å². The second-order valence-electron chi connectivity index (χ2n) is 7.63. The maximum absolute atomic E-state index is 15.1. The molecule has 158 valence electrons. The van der Waals surface area contributed by atoms with Gasteiger partial charge in [0.25, 0.3) is 0 Å². The zero-order valence-corrected chi connectivity index (χ0v) is 17.8. The van der Waals surface area contributed by atoms with Crippen molar-refractivity contribution in [1.29, 1.82) is 0 Å². The third-order valence-corrected chi connectivity index (χ3v) is 5.93. The Morgan fingerprint density at radius 2 is 2.27 bits per heavy atom. The maximum atomic E-state index is 15.1. The summed E-state index contributed by atoms with van der Waals surface area (Å²) in [5.41, 5.74) is 0.967. The molecule has 1 saturated heterocycles. The Balaban J connectivity index is 1.52. The van der Waals surface area contributed by atoms with Crippen molar-refractivity contribution < 1.29 is 13.7 Å². The van der Waals surface area contributed by atoms with Crippen LogP contribution in [0.1, 0.15) is 49.9 Å². The highest BCUT2D eigenvalue weighted by atomic mass is 32.1. The number of thiazole rings is 1. The first-order valence-corrected chi connectivity index (χ1v) is 11.0. The summed E-state index contributed by atoms with van der Waals surface area (Å²) < 4.78 is 20.3. The summed E-state index contributed by atoms with van der Waals surface area (Å²) in [4.78, 5) is 23.2. The lowest BCUT2D eigenvalue weighted by molar-refractivity contribution is -0.123. The van der Waals surface area contributed by atoms with Crippen molar-refractivity contribution in [2.75, 3.05) is 11.4 Å². The predicted molar refractivity (Wildman–Crippen MR) is 113 cm³/mol. The van der Waals surface area contributed by atoms with E-state index >= 15 is 4.39 Å². The molecule has 1 aliphatic heterocycles. The van der Waals surface area contributed by atoms with Gasteiger partial charge >= 0.3 is 0 Å². The van der Waals surface area contributed by atoms with Gasteiger partial charge in [-0.3, -0.25) is 4.79 Å². The molecule has 3 heterocycles. The number of nitrogens with zero attached hydrogens (tertiary/aromatic N) is 4. The highest BCUT2D eigenvalue weighted by Gasteiger charge is 2.30. The van der Waals surface area contributed by atoms with Gasteiger partial charge in [-0.1, -0.05) is 19.0 Å². The molecule has 3 aromatic rings. The van der Waals surface area contributed by atoms with Crippen molar-refractivity contribution in [2.45, 2.75) is 51.6 Å². The lowest BCUT2D eigenvalue weighted by Gasteiger charge is -2.36. The van der Waals surface area contributed by atoms with Crippen LogP contribution in [-0.4, -0.2) is 33.6 Å². The molecule has 2 aromatic heterocycles. The number of piperidine rings is 1. The van der Waals surface area contributed by atoms with Gasteiger partial charge in [-0.15, -0.1) is 11.3 Å². The largest absolute Gasteiger partial charge is 0.357 e. The number of benzene rings is 1. The van der Waals surface area contributed by atoms with Gasteiger partial charge in [0.05, 0.1) is 12.2 Å². The second kappa shape index (κ2) is 8.91. The molecule has 1 aromatic carbocycles. The van der Waals surface area contributed by atoms with Gasteiger partial charge in [0.1, 0.15) is 16.9 Å². The number of hydrogen-bond donors (Lipinski definition) is 1. The highest BCUT2D eigenvalue weighted by Crippen LogP contribution is 2.30. The van der Waals surface area contributed by atoms with Gasteiger partial charge in [-0.25, -0.2) is 9.37 Å². The van der Waals surface area contributed by atoms with Gasteiger partial charge < -0.3 is 14.7 Å². The van der Waals surface area contributed by atoms with Gasteiger partial charge in [0.15, 0.2) is 0 Å². The molecule has 1 amide bonds. The minimum absolute atomic E-state index is 0.104. The monoisotopic (exact) mass is 429 g/mol. The minimum atomic E-state index is -0.406. The van der Waals surface area contributed by atoms with E-state index in [4.69, 9.17) is 4.52 Å². The van der Waals surface area contributed by atoms with Crippen molar-refractivity contribution >= 4 is 22.9 Å². The molecule has 1 atom stereocenters. The summed E-state index contributed by atoms with van der Waals surface area (Å²) in [7, 11) is 0. The Morgan fingerprint density at radius 1 is 1.40 bits per heavy atom. The van der Waals surface area contributed by atoms with Crippen LogP contribution >= 0.6 is 11.3 Å². The van der Waals surface area contributed by atoms with Crippen LogP contribution < -0.4 is 10.2 Å². The number of aromatic nitrogens is 3. The number of amides is 1. The van der Waals surface area contributed by atoms with Crippen LogP contribution in [0.25, 0.3) is 11.4 Å². The molecule has 1 unspecified atom stereocenters. The molecule has 4 rings (SSSR count).